The van der Waals surface area contributed by atoms with Gasteiger partial charge in [-0.05, 0) is 102 Å². The lowest BCUT2D eigenvalue weighted by atomic mass is 9.92. The van der Waals surface area contributed by atoms with Gasteiger partial charge in [0.05, 0.1) is 24.0 Å². The minimum absolute atomic E-state index is 0.117. The summed E-state index contributed by atoms with van der Waals surface area (Å²) >= 11 is 0. The normalized spacial score (nSPS) is 16.8. The number of aromatic nitrogens is 5. The fraction of sp³-hybridized carbons (Fsp3) is 0.513. The second kappa shape index (κ2) is 15.5. The van der Waals surface area contributed by atoms with E-state index in [0.29, 0.717) is 24.7 Å². The summed E-state index contributed by atoms with van der Waals surface area (Å²) < 4.78 is 47.2. The molecule has 0 saturated carbocycles. The summed E-state index contributed by atoms with van der Waals surface area (Å²) in [5, 5.41) is 13.2. The number of hydrogen-bond acceptors (Lipinski definition) is 8. The van der Waals surface area contributed by atoms with Crippen molar-refractivity contribution < 1.29 is 27.5 Å². The predicted octanol–water partition coefficient (Wildman–Crippen LogP) is 6.25. The van der Waals surface area contributed by atoms with Gasteiger partial charge in [-0.25, -0.2) is 14.5 Å². The summed E-state index contributed by atoms with van der Waals surface area (Å²) in [6.45, 7) is 15.8. The minimum Gasteiger partial charge on any atom is -0.444 e. The Labute approximate surface area is 314 Å². The van der Waals surface area contributed by atoms with E-state index < -0.39 is 23.1 Å². The van der Waals surface area contributed by atoms with E-state index >= 15 is 0 Å². The van der Waals surface area contributed by atoms with Crippen LogP contribution in [-0.4, -0.2) is 109 Å². The zero-order valence-corrected chi connectivity index (χ0v) is 31.8. The molecule has 0 unspecified atom stereocenters. The first-order valence-corrected chi connectivity index (χ1v) is 18.4. The van der Waals surface area contributed by atoms with Crippen LogP contribution in [0, 0.1) is 6.92 Å². The highest BCUT2D eigenvalue weighted by Gasteiger charge is 2.51. The lowest BCUT2D eigenvalue weighted by molar-refractivity contribution is -0.182. The summed E-state index contributed by atoms with van der Waals surface area (Å²) in [5.41, 5.74) is 2.83. The molecule has 290 valence electrons. The molecule has 2 saturated heterocycles. The first-order chi connectivity index (χ1) is 25.5. The molecule has 0 aliphatic carbocycles. The van der Waals surface area contributed by atoms with Crippen molar-refractivity contribution in [2.45, 2.75) is 90.7 Å². The number of halogens is 3. The van der Waals surface area contributed by atoms with Gasteiger partial charge in [-0.1, -0.05) is 30.3 Å². The van der Waals surface area contributed by atoms with Crippen LogP contribution < -0.4 is 5.32 Å². The number of aromatic amines is 1. The van der Waals surface area contributed by atoms with Crippen LogP contribution in [0.4, 0.5) is 18.0 Å². The molecule has 0 bridgehead atoms. The maximum atomic E-state index is 13.3. The van der Waals surface area contributed by atoms with E-state index in [-0.39, 0.29) is 24.3 Å². The van der Waals surface area contributed by atoms with Gasteiger partial charge in [-0.15, -0.1) is 0 Å². The summed E-state index contributed by atoms with van der Waals surface area (Å²) in [6.07, 6.45) is 0.559. The van der Waals surface area contributed by atoms with Crippen LogP contribution in [0.5, 0.6) is 0 Å². The van der Waals surface area contributed by atoms with Crippen molar-refractivity contribution >= 4 is 12.0 Å². The fourth-order valence-corrected chi connectivity index (χ4v) is 6.81. The molecule has 2 aromatic heterocycles. The number of alkyl halides is 3. The molecule has 2 aromatic carbocycles. The SMILES string of the molecule is Cc1cc(-c2ccc(CN3CCC(N4CCN(C(=O)OC(C)(C)C)CC4)CC3)cc2)ccc1-n1cc(C(=O)NCc2nc(C(C)(C)C(F)(F)F)n[nH]2)cn1. The second-order valence-corrected chi connectivity index (χ2v) is 15.8. The molecule has 54 heavy (non-hydrogen) atoms. The topological polar surface area (TPSA) is 125 Å². The molecule has 4 heterocycles. The highest BCUT2D eigenvalue weighted by atomic mass is 19.4. The number of nitrogens with zero attached hydrogens (tertiary/aromatic N) is 7. The number of hydrogen-bond donors (Lipinski definition) is 2. The maximum Gasteiger partial charge on any atom is 0.410 e. The summed E-state index contributed by atoms with van der Waals surface area (Å²) in [5.74, 6) is -0.713. The Kier molecular flexibility index (Phi) is 11.2. The number of amides is 2. The monoisotopic (exact) mass is 749 g/mol. The lowest BCUT2D eigenvalue weighted by Crippen LogP contribution is -2.54. The molecule has 6 rings (SSSR count). The van der Waals surface area contributed by atoms with Crippen molar-refractivity contribution in [1.29, 1.82) is 0 Å². The number of H-pyrrole nitrogens is 1. The van der Waals surface area contributed by atoms with Gasteiger partial charge in [0.2, 0.25) is 0 Å². The van der Waals surface area contributed by atoms with Gasteiger partial charge < -0.3 is 15.0 Å². The van der Waals surface area contributed by atoms with Gasteiger partial charge in [0.15, 0.2) is 5.82 Å². The first-order valence-electron chi connectivity index (χ1n) is 18.4. The van der Waals surface area contributed by atoms with Crippen LogP contribution in [0.15, 0.2) is 54.9 Å². The highest BCUT2D eigenvalue weighted by Crippen LogP contribution is 2.38. The smallest absolute Gasteiger partial charge is 0.410 e. The predicted molar refractivity (Wildman–Crippen MR) is 198 cm³/mol. The van der Waals surface area contributed by atoms with Crippen LogP contribution in [0.2, 0.25) is 0 Å². The van der Waals surface area contributed by atoms with E-state index in [0.717, 1.165) is 81.8 Å². The zero-order valence-electron chi connectivity index (χ0n) is 31.8. The third kappa shape index (κ3) is 9.12. The van der Waals surface area contributed by atoms with Crippen LogP contribution in [-0.2, 0) is 23.2 Å². The molecule has 15 heteroatoms. The average Bonchev–Trinajstić information content (AvgIpc) is 3.82. The van der Waals surface area contributed by atoms with Gasteiger partial charge >= 0.3 is 12.3 Å². The molecule has 0 radical (unpaired) electrons. The molecule has 0 atom stereocenters. The third-order valence-corrected chi connectivity index (χ3v) is 10.2. The van der Waals surface area contributed by atoms with Crippen LogP contribution >= 0.6 is 0 Å². The Morgan fingerprint density at radius 3 is 2.22 bits per heavy atom. The van der Waals surface area contributed by atoms with Crippen molar-refractivity contribution in [1.82, 2.24) is 45.0 Å². The van der Waals surface area contributed by atoms with Crippen molar-refractivity contribution in [3.05, 3.63) is 83.2 Å². The molecule has 0 spiro atoms. The van der Waals surface area contributed by atoms with E-state index in [9.17, 15) is 22.8 Å². The number of carbonyl (C=O) groups is 2. The number of nitrogens with one attached hydrogen (secondary N) is 2. The fourth-order valence-electron chi connectivity index (χ4n) is 6.81. The van der Waals surface area contributed by atoms with Gasteiger partial charge in [-0.2, -0.15) is 23.4 Å². The Morgan fingerprint density at radius 1 is 0.926 bits per heavy atom. The Balaban J connectivity index is 0.971. The van der Waals surface area contributed by atoms with E-state index in [1.807, 2.05) is 44.7 Å². The largest absolute Gasteiger partial charge is 0.444 e. The number of benzene rings is 2. The summed E-state index contributed by atoms with van der Waals surface area (Å²) in [4.78, 5) is 36.1. The Bertz CT molecular complexity index is 1920. The number of carbonyl (C=O) groups excluding carboxylic acids is 2. The van der Waals surface area contributed by atoms with Gasteiger partial charge in [-0.3, -0.25) is 19.7 Å². The minimum atomic E-state index is -4.52. The van der Waals surface area contributed by atoms with E-state index in [2.05, 4.69) is 65.7 Å². The van der Waals surface area contributed by atoms with Crippen molar-refractivity contribution in [3.63, 3.8) is 0 Å². The van der Waals surface area contributed by atoms with Crippen LogP contribution in [0.25, 0.3) is 16.8 Å². The summed E-state index contributed by atoms with van der Waals surface area (Å²) in [7, 11) is 0. The average molecular weight is 750 g/mol. The number of piperazine rings is 1. The van der Waals surface area contributed by atoms with Crippen molar-refractivity contribution in [2.24, 2.45) is 0 Å². The lowest BCUT2D eigenvalue weighted by Gasteiger charge is -2.42. The molecule has 2 N–H and O–H groups in total. The maximum absolute atomic E-state index is 13.3. The number of likely N-dealkylation sites (tertiary alicyclic amines) is 1. The van der Waals surface area contributed by atoms with Crippen LogP contribution in [0.1, 0.15) is 80.6 Å². The Morgan fingerprint density at radius 2 is 1.59 bits per heavy atom. The van der Waals surface area contributed by atoms with E-state index in [4.69, 9.17) is 4.74 Å². The molecule has 4 aromatic rings. The van der Waals surface area contributed by atoms with E-state index in [1.54, 1.807) is 10.9 Å². The number of aryl methyl sites for hydroxylation is 1. The quantitative estimate of drug-likeness (QED) is 0.206. The van der Waals surface area contributed by atoms with Crippen molar-refractivity contribution in [3.8, 4) is 16.8 Å². The Hall–Kier alpha value is -4.76. The van der Waals surface area contributed by atoms with E-state index in [1.165, 1.54) is 11.8 Å². The molecule has 12 nitrogen and oxygen atoms in total. The molecular formula is C39H50F3N9O3. The number of piperidine rings is 1. The summed E-state index contributed by atoms with van der Waals surface area (Å²) in [6, 6.07) is 15.3. The molecule has 2 aliphatic heterocycles. The second-order valence-electron chi connectivity index (χ2n) is 15.8. The molecule has 2 aliphatic rings. The van der Waals surface area contributed by atoms with Crippen molar-refractivity contribution in [2.75, 3.05) is 39.3 Å². The number of ether oxygens (including phenoxy) is 1. The van der Waals surface area contributed by atoms with Gasteiger partial charge in [0, 0.05) is 45.0 Å². The first kappa shape index (κ1) is 38.9. The van der Waals surface area contributed by atoms with Gasteiger partial charge in [0.1, 0.15) is 16.8 Å². The van der Waals surface area contributed by atoms with Gasteiger partial charge in [0.25, 0.3) is 5.91 Å². The molecule has 2 fully saturated rings. The molecular weight excluding hydrogens is 699 g/mol. The van der Waals surface area contributed by atoms with Crippen LogP contribution in [0.3, 0.4) is 0 Å². The zero-order chi connectivity index (χ0) is 38.8. The number of rotatable bonds is 9. The highest BCUT2D eigenvalue weighted by molar-refractivity contribution is 5.93. The third-order valence-electron chi connectivity index (χ3n) is 10.2. The molecule has 2 amide bonds. The standard InChI is InChI=1S/C39H50F3N9O3/c1-26-21-29(11-12-32(26)51-25-30(22-44-51)34(52)43-23-33-45-35(47-46-33)38(5,6)39(40,41)42)28-9-7-27(8-10-28)24-48-15-13-31(14-16-48)49-17-19-50(20-18-49)36(53)54-37(2,3)4/h7-12,21-22,25,31H,13-20,23-24H2,1-6H3,(H,43,52)(H,45,46,47).